The average molecular weight is 415 g/mol. The van der Waals surface area contributed by atoms with Gasteiger partial charge in [-0.05, 0) is 41.8 Å². The standard InChI is InChI=1S/C22H23ClN2O2S/c1-3-16-4-6-17(7-5-16)13-25(2)22(26)12-19-15-28-21(24-19)14-27-20-10-8-18(23)9-11-20/h4-11,15H,3,12-14H2,1-2H3. The first kappa shape index (κ1) is 20.4. The van der Waals surface area contributed by atoms with E-state index in [1.165, 1.54) is 16.9 Å². The number of aryl methyl sites for hydroxylation is 1. The van der Waals surface area contributed by atoms with Crippen molar-refractivity contribution in [2.24, 2.45) is 0 Å². The van der Waals surface area contributed by atoms with Crippen LogP contribution >= 0.6 is 22.9 Å². The van der Waals surface area contributed by atoms with Gasteiger partial charge in [-0.1, -0.05) is 42.8 Å². The Hall–Kier alpha value is -2.37. The Kier molecular flexibility index (Phi) is 7.06. The van der Waals surface area contributed by atoms with Crippen molar-refractivity contribution in [1.82, 2.24) is 9.88 Å². The number of benzene rings is 2. The van der Waals surface area contributed by atoms with Gasteiger partial charge in [0.2, 0.25) is 5.91 Å². The number of carbonyl (C=O) groups is 1. The summed E-state index contributed by atoms with van der Waals surface area (Å²) >= 11 is 7.37. The van der Waals surface area contributed by atoms with Crippen LogP contribution in [0.5, 0.6) is 5.75 Å². The summed E-state index contributed by atoms with van der Waals surface area (Å²) in [6, 6.07) is 15.6. The monoisotopic (exact) mass is 414 g/mol. The summed E-state index contributed by atoms with van der Waals surface area (Å²) in [5.74, 6) is 0.793. The van der Waals surface area contributed by atoms with E-state index in [-0.39, 0.29) is 5.91 Å². The van der Waals surface area contributed by atoms with Crippen LogP contribution in [0.15, 0.2) is 53.9 Å². The van der Waals surface area contributed by atoms with Crippen molar-refractivity contribution in [1.29, 1.82) is 0 Å². The highest BCUT2D eigenvalue weighted by atomic mass is 35.5. The third-order valence-corrected chi connectivity index (χ3v) is 5.51. The second-order valence-corrected chi connectivity index (χ2v) is 7.95. The van der Waals surface area contributed by atoms with Gasteiger partial charge in [-0.25, -0.2) is 4.98 Å². The Morgan fingerprint density at radius 2 is 1.79 bits per heavy atom. The highest BCUT2D eigenvalue weighted by molar-refractivity contribution is 7.09. The number of rotatable bonds is 8. The minimum absolute atomic E-state index is 0.0510. The number of likely N-dealkylation sites (N-methyl/N-ethyl adjacent to an activating group) is 1. The quantitative estimate of drug-likeness (QED) is 0.512. The van der Waals surface area contributed by atoms with E-state index in [1.807, 2.05) is 24.6 Å². The van der Waals surface area contributed by atoms with E-state index in [4.69, 9.17) is 16.3 Å². The van der Waals surface area contributed by atoms with Gasteiger partial charge in [-0.3, -0.25) is 4.79 Å². The van der Waals surface area contributed by atoms with Crippen LogP contribution in [-0.2, 0) is 30.8 Å². The van der Waals surface area contributed by atoms with E-state index >= 15 is 0 Å². The molecule has 0 bridgehead atoms. The zero-order valence-corrected chi connectivity index (χ0v) is 17.6. The van der Waals surface area contributed by atoms with E-state index in [1.54, 1.807) is 17.0 Å². The molecule has 4 nitrogen and oxygen atoms in total. The summed E-state index contributed by atoms with van der Waals surface area (Å²) in [5, 5.41) is 3.44. The first-order chi connectivity index (χ1) is 13.5. The summed E-state index contributed by atoms with van der Waals surface area (Å²) < 4.78 is 5.70. The van der Waals surface area contributed by atoms with Gasteiger partial charge in [-0.2, -0.15) is 0 Å². The third kappa shape index (κ3) is 5.81. The maximum absolute atomic E-state index is 12.5. The SMILES string of the molecule is CCc1ccc(CN(C)C(=O)Cc2csc(COc3ccc(Cl)cc3)n2)cc1. The lowest BCUT2D eigenvalue weighted by Gasteiger charge is -2.17. The fraction of sp³-hybridized carbons (Fsp3) is 0.273. The molecule has 0 saturated carbocycles. The molecule has 0 unspecified atom stereocenters. The molecule has 0 atom stereocenters. The first-order valence-corrected chi connectivity index (χ1v) is 10.4. The van der Waals surface area contributed by atoms with E-state index in [0.717, 1.165) is 28.4 Å². The molecule has 3 rings (SSSR count). The molecule has 146 valence electrons. The molecule has 1 amide bonds. The molecule has 28 heavy (non-hydrogen) atoms. The summed E-state index contributed by atoms with van der Waals surface area (Å²) in [5.41, 5.74) is 3.20. The largest absolute Gasteiger partial charge is 0.486 e. The zero-order valence-electron chi connectivity index (χ0n) is 16.0. The van der Waals surface area contributed by atoms with Crippen molar-refractivity contribution in [2.75, 3.05) is 7.05 Å². The highest BCUT2D eigenvalue weighted by Gasteiger charge is 2.13. The lowest BCUT2D eigenvalue weighted by Crippen LogP contribution is -2.27. The Labute approximate surface area is 174 Å². The Morgan fingerprint density at radius 3 is 2.46 bits per heavy atom. The van der Waals surface area contributed by atoms with Gasteiger partial charge < -0.3 is 9.64 Å². The highest BCUT2D eigenvalue weighted by Crippen LogP contribution is 2.18. The normalized spacial score (nSPS) is 10.7. The molecule has 0 N–H and O–H groups in total. The van der Waals surface area contributed by atoms with Crippen molar-refractivity contribution in [2.45, 2.75) is 32.9 Å². The number of nitrogens with zero attached hydrogens (tertiary/aromatic N) is 2. The Morgan fingerprint density at radius 1 is 1.11 bits per heavy atom. The van der Waals surface area contributed by atoms with Gasteiger partial charge in [0.15, 0.2) is 0 Å². The molecule has 0 radical (unpaired) electrons. The predicted molar refractivity (Wildman–Crippen MR) is 114 cm³/mol. The van der Waals surface area contributed by atoms with E-state index in [0.29, 0.717) is 24.6 Å². The third-order valence-electron chi connectivity index (χ3n) is 4.38. The number of amides is 1. The van der Waals surface area contributed by atoms with Gasteiger partial charge in [0, 0.05) is 24.0 Å². The van der Waals surface area contributed by atoms with Crippen molar-refractivity contribution in [3.63, 3.8) is 0 Å². The van der Waals surface area contributed by atoms with Crippen LogP contribution in [-0.4, -0.2) is 22.8 Å². The van der Waals surface area contributed by atoms with Crippen LogP contribution in [0.4, 0.5) is 0 Å². The number of thiazole rings is 1. The Balaban J connectivity index is 1.50. The topological polar surface area (TPSA) is 42.4 Å². The zero-order chi connectivity index (χ0) is 19.9. The van der Waals surface area contributed by atoms with Gasteiger partial charge in [-0.15, -0.1) is 11.3 Å². The minimum atomic E-state index is 0.0510. The number of ether oxygens (including phenoxy) is 1. The number of hydrogen-bond acceptors (Lipinski definition) is 4. The summed E-state index contributed by atoms with van der Waals surface area (Å²) in [4.78, 5) is 18.8. The summed E-state index contributed by atoms with van der Waals surface area (Å²) in [7, 11) is 1.83. The van der Waals surface area contributed by atoms with Gasteiger partial charge in [0.05, 0.1) is 12.1 Å². The maximum Gasteiger partial charge on any atom is 0.228 e. The van der Waals surface area contributed by atoms with E-state index in [9.17, 15) is 4.79 Å². The number of aromatic nitrogens is 1. The van der Waals surface area contributed by atoms with Crippen molar-refractivity contribution >= 4 is 28.8 Å². The molecule has 3 aromatic rings. The summed E-state index contributed by atoms with van der Waals surface area (Å²) in [6.07, 6.45) is 1.31. The number of halogens is 1. The smallest absolute Gasteiger partial charge is 0.228 e. The fourth-order valence-electron chi connectivity index (χ4n) is 2.70. The molecule has 0 fully saturated rings. The van der Waals surface area contributed by atoms with E-state index < -0.39 is 0 Å². The van der Waals surface area contributed by atoms with Gasteiger partial charge in [0.1, 0.15) is 17.4 Å². The first-order valence-electron chi connectivity index (χ1n) is 9.17. The van der Waals surface area contributed by atoms with Crippen molar-refractivity contribution < 1.29 is 9.53 Å². The molecule has 6 heteroatoms. The molecule has 0 aliphatic rings. The molecule has 1 heterocycles. The fourth-order valence-corrected chi connectivity index (χ4v) is 3.54. The van der Waals surface area contributed by atoms with Crippen LogP contribution in [0, 0.1) is 0 Å². The van der Waals surface area contributed by atoms with Crippen LogP contribution in [0.1, 0.15) is 28.8 Å². The molecule has 1 aromatic heterocycles. The molecular formula is C22H23ClN2O2S. The average Bonchev–Trinajstić information content (AvgIpc) is 3.15. The maximum atomic E-state index is 12.5. The van der Waals surface area contributed by atoms with Crippen molar-refractivity contribution in [3.05, 3.63) is 80.8 Å². The van der Waals surface area contributed by atoms with Crippen LogP contribution < -0.4 is 4.74 Å². The van der Waals surface area contributed by atoms with Gasteiger partial charge >= 0.3 is 0 Å². The molecular weight excluding hydrogens is 392 g/mol. The second-order valence-electron chi connectivity index (χ2n) is 6.57. The second kappa shape index (κ2) is 9.71. The predicted octanol–water partition coefficient (Wildman–Crippen LogP) is 5.14. The van der Waals surface area contributed by atoms with Crippen LogP contribution in [0.3, 0.4) is 0 Å². The van der Waals surface area contributed by atoms with Crippen LogP contribution in [0.2, 0.25) is 5.02 Å². The molecule has 0 aliphatic heterocycles. The van der Waals surface area contributed by atoms with Crippen LogP contribution in [0.25, 0.3) is 0 Å². The Bertz CT molecular complexity index is 907. The summed E-state index contributed by atoms with van der Waals surface area (Å²) in [6.45, 7) is 3.10. The molecule has 0 saturated heterocycles. The lowest BCUT2D eigenvalue weighted by atomic mass is 10.1. The minimum Gasteiger partial charge on any atom is -0.486 e. The number of carbonyl (C=O) groups excluding carboxylic acids is 1. The number of hydrogen-bond donors (Lipinski definition) is 0. The van der Waals surface area contributed by atoms with Crippen molar-refractivity contribution in [3.8, 4) is 5.75 Å². The van der Waals surface area contributed by atoms with Gasteiger partial charge in [0.25, 0.3) is 0 Å². The molecule has 2 aromatic carbocycles. The lowest BCUT2D eigenvalue weighted by molar-refractivity contribution is -0.129. The molecule has 0 aliphatic carbocycles. The van der Waals surface area contributed by atoms with E-state index in [2.05, 4.69) is 36.2 Å². The molecule has 0 spiro atoms.